The summed E-state index contributed by atoms with van der Waals surface area (Å²) in [5, 5.41) is 9.60. The van der Waals surface area contributed by atoms with Crippen molar-refractivity contribution in [2.24, 2.45) is 4.99 Å². The van der Waals surface area contributed by atoms with Crippen molar-refractivity contribution in [3.8, 4) is 17.1 Å². The molecule has 24 heavy (non-hydrogen) atoms. The Labute approximate surface area is 140 Å². The lowest BCUT2D eigenvalue weighted by molar-refractivity contribution is 0.123. The lowest BCUT2D eigenvalue weighted by Crippen LogP contribution is -2.24. The van der Waals surface area contributed by atoms with Gasteiger partial charge in [0.15, 0.2) is 0 Å². The van der Waals surface area contributed by atoms with E-state index in [1.807, 2.05) is 23.0 Å². The molecule has 2 aromatic rings. The summed E-state index contributed by atoms with van der Waals surface area (Å²) in [5.74, 6) is 2.49. The highest BCUT2D eigenvalue weighted by Gasteiger charge is 2.24. The molecule has 7 nitrogen and oxygen atoms in total. The summed E-state index contributed by atoms with van der Waals surface area (Å²) in [6.45, 7) is 0. The maximum atomic E-state index is 9.60. The Kier molecular flexibility index (Phi) is 3.93. The normalized spacial score (nSPS) is 24.7. The number of nitrogens with one attached hydrogen (secondary N) is 1. The molecule has 1 saturated carbocycles. The number of aliphatic hydroxyl groups is 1. The molecule has 7 heteroatoms. The van der Waals surface area contributed by atoms with Gasteiger partial charge in [-0.25, -0.2) is 14.6 Å². The topological polar surface area (TPSA) is 84.6 Å². The van der Waals surface area contributed by atoms with Crippen molar-refractivity contribution < 1.29 is 9.84 Å². The van der Waals surface area contributed by atoms with Gasteiger partial charge in [0.2, 0.25) is 5.88 Å². The van der Waals surface area contributed by atoms with E-state index in [-0.39, 0.29) is 6.10 Å². The Balaban J connectivity index is 1.52. The summed E-state index contributed by atoms with van der Waals surface area (Å²) in [7, 11) is 1.60. The van der Waals surface area contributed by atoms with E-state index in [4.69, 9.17) is 9.73 Å². The molecule has 0 bridgehead atoms. The van der Waals surface area contributed by atoms with Crippen LogP contribution >= 0.6 is 0 Å². The molecule has 1 aliphatic heterocycles. The van der Waals surface area contributed by atoms with Crippen molar-refractivity contribution >= 4 is 5.84 Å². The Morgan fingerprint density at radius 3 is 2.75 bits per heavy atom. The predicted octanol–water partition coefficient (Wildman–Crippen LogP) is 1.76. The summed E-state index contributed by atoms with van der Waals surface area (Å²) in [6, 6.07) is 4.11. The van der Waals surface area contributed by atoms with Gasteiger partial charge < -0.3 is 9.84 Å². The molecule has 0 saturated heterocycles. The van der Waals surface area contributed by atoms with Gasteiger partial charge in [-0.1, -0.05) is 0 Å². The Morgan fingerprint density at radius 2 is 2.04 bits per heavy atom. The molecule has 2 aromatic heterocycles. The Morgan fingerprint density at radius 1 is 1.21 bits per heavy atom. The molecule has 0 amide bonds. The average Bonchev–Trinajstić information content (AvgIpc) is 3.17. The largest absolute Gasteiger partial charge is 0.481 e. The number of rotatable bonds is 3. The fourth-order valence-electron chi connectivity index (χ4n) is 3.30. The number of methoxy groups -OCH3 is 1. The van der Waals surface area contributed by atoms with E-state index in [1.54, 1.807) is 13.3 Å². The molecule has 1 aliphatic carbocycles. The van der Waals surface area contributed by atoms with Crippen molar-refractivity contribution in [3.05, 3.63) is 30.4 Å². The van der Waals surface area contributed by atoms with Gasteiger partial charge in [0.25, 0.3) is 0 Å². The maximum absolute atomic E-state index is 9.60. The van der Waals surface area contributed by atoms with Crippen molar-refractivity contribution in [1.29, 1.82) is 0 Å². The van der Waals surface area contributed by atoms with E-state index in [0.717, 1.165) is 48.6 Å². The first-order chi connectivity index (χ1) is 11.7. The third-order valence-corrected chi connectivity index (χ3v) is 4.65. The van der Waals surface area contributed by atoms with Crippen LogP contribution in [-0.2, 0) is 6.42 Å². The van der Waals surface area contributed by atoms with Gasteiger partial charge in [-0.15, -0.1) is 0 Å². The van der Waals surface area contributed by atoms with E-state index in [2.05, 4.69) is 15.4 Å². The minimum absolute atomic E-state index is 0.150. The molecule has 0 spiro atoms. The zero-order chi connectivity index (χ0) is 16.5. The van der Waals surface area contributed by atoms with Gasteiger partial charge in [-0.2, -0.15) is 0 Å². The van der Waals surface area contributed by atoms with Crippen LogP contribution in [0, 0.1) is 0 Å². The minimum atomic E-state index is -0.150. The van der Waals surface area contributed by atoms with Crippen LogP contribution in [0.2, 0.25) is 0 Å². The number of pyridine rings is 1. The number of aromatic nitrogens is 3. The fraction of sp³-hybridized carbons (Fsp3) is 0.471. The van der Waals surface area contributed by atoms with Crippen molar-refractivity contribution in [2.75, 3.05) is 12.5 Å². The van der Waals surface area contributed by atoms with Crippen LogP contribution in [-0.4, -0.2) is 44.8 Å². The molecular formula is C17H21N5O2. The van der Waals surface area contributed by atoms with E-state index in [1.165, 1.54) is 0 Å². The standard InChI is InChI=1S/C17H21N5O2/c1-24-17-7-2-11(9-19-17)14-10-18-16-8-15(21-22(14)16)20-12-3-5-13(23)6-4-12/h2,7,9-10,12-13,23H,3-6,8H2,1H3,(H,20,21). The number of hydrogen-bond donors (Lipinski definition) is 2. The first-order valence-corrected chi connectivity index (χ1v) is 8.31. The van der Waals surface area contributed by atoms with E-state index in [9.17, 15) is 5.11 Å². The predicted molar refractivity (Wildman–Crippen MR) is 90.8 cm³/mol. The van der Waals surface area contributed by atoms with Crippen LogP contribution in [0.15, 0.2) is 29.5 Å². The molecular weight excluding hydrogens is 306 g/mol. The SMILES string of the molecule is COc1ccc(-c2cnc3n2NC(=NC2CCC(O)CC2)C3)cn1. The number of nitrogens with zero attached hydrogens (tertiary/aromatic N) is 4. The first kappa shape index (κ1) is 15.1. The smallest absolute Gasteiger partial charge is 0.212 e. The minimum Gasteiger partial charge on any atom is -0.481 e. The van der Waals surface area contributed by atoms with Crippen LogP contribution in [0.3, 0.4) is 0 Å². The van der Waals surface area contributed by atoms with Crippen molar-refractivity contribution in [1.82, 2.24) is 14.6 Å². The molecule has 4 rings (SSSR count). The number of amidine groups is 1. The van der Waals surface area contributed by atoms with Gasteiger partial charge in [-0.3, -0.25) is 10.4 Å². The number of imidazole rings is 1. The van der Waals surface area contributed by atoms with Gasteiger partial charge in [0.1, 0.15) is 11.7 Å². The molecule has 1 fully saturated rings. The summed E-state index contributed by atoms with van der Waals surface area (Å²) in [6.07, 6.45) is 7.77. The number of aliphatic imine (C=N–C) groups is 1. The van der Waals surface area contributed by atoms with Crippen molar-refractivity contribution in [3.63, 3.8) is 0 Å². The molecule has 0 aromatic carbocycles. The Bertz CT molecular complexity index is 745. The van der Waals surface area contributed by atoms with Gasteiger partial charge >= 0.3 is 0 Å². The summed E-state index contributed by atoms with van der Waals surface area (Å²) in [5.41, 5.74) is 5.29. The third-order valence-electron chi connectivity index (χ3n) is 4.65. The van der Waals surface area contributed by atoms with Crippen LogP contribution in [0.5, 0.6) is 5.88 Å². The zero-order valence-corrected chi connectivity index (χ0v) is 13.6. The van der Waals surface area contributed by atoms with Crippen LogP contribution in [0.4, 0.5) is 0 Å². The highest BCUT2D eigenvalue weighted by molar-refractivity contribution is 5.94. The monoisotopic (exact) mass is 327 g/mol. The summed E-state index contributed by atoms with van der Waals surface area (Å²) in [4.78, 5) is 13.6. The first-order valence-electron chi connectivity index (χ1n) is 8.31. The van der Waals surface area contributed by atoms with Gasteiger partial charge in [0, 0.05) is 17.8 Å². The maximum Gasteiger partial charge on any atom is 0.212 e. The van der Waals surface area contributed by atoms with E-state index >= 15 is 0 Å². The van der Waals surface area contributed by atoms with Crippen LogP contribution < -0.4 is 10.2 Å². The average molecular weight is 327 g/mol. The molecule has 0 atom stereocenters. The van der Waals surface area contributed by atoms with Crippen LogP contribution in [0.25, 0.3) is 11.3 Å². The van der Waals surface area contributed by atoms with E-state index in [0.29, 0.717) is 18.3 Å². The quantitative estimate of drug-likeness (QED) is 0.897. The second kappa shape index (κ2) is 6.24. The van der Waals surface area contributed by atoms with Gasteiger partial charge in [0.05, 0.1) is 37.6 Å². The second-order valence-electron chi connectivity index (χ2n) is 6.31. The molecule has 126 valence electrons. The molecule has 0 radical (unpaired) electrons. The Hall–Kier alpha value is -2.41. The molecule has 2 aliphatic rings. The van der Waals surface area contributed by atoms with E-state index < -0.39 is 0 Å². The second-order valence-corrected chi connectivity index (χ2v) is 6.31. The summed E-state index contributed by atoms with van der Waals surface area (Å²) >= 11 is 0. The molecule has 3 heterocycles. The lowest BCUT2D eigenvalue weighted by Gasteiger charge is -2.22. The zero-order valence-electron chi connectivity index (χ0n) is 13.6. The molecule has 2 N–H and O–H groups in total. The number of fused-ring (bicyclic) bond motifs is 1. The summed E-state index contributed by atoms with van der Waals surface area (Å²) < 4.78 is 7.07. The van der Waals surface area contributed by atoms with Crippen LogP contribution in [0.1, 0.15) is 31.5 Å². The number of aliphatic hydroxyl groups excluding tert-OH is 1. The highest BCUT2D eigenvalue weighted by Crippen LogP contribution is 2.25. The number of ether oxygens (including phenoxy) is 1. The fourth-order valence-corrected chi connectivity index (χ4v) is 3.30. The van der Waals surface area contributed by atoms with Gasteiger partial charge in [-0.05, 0) is 31.7 Å². The van der Waals surface area contributed by atoms with Crippen molar-refractivity contribution in [2.45, 2.75) is 44.2 Å². The third kappa shape index (κ3) is 2.87. The highest BCUT2D eigenvalue weighted by atomic mass is 16.5. The number of hydrogen-bond acceptors (Lipinski definition) is 5. The molecule has 0 unspecified atom stereocenters. The lowest BCUT2D eigenvalue weighted by atomic mass is 9.93.